The topological polar surface area (TPSA) is 34.1 Å². The Balaban J connectivity index is 3.50. The molecule has 112 valence electrons. The minimum atomic E-state index is -0.231. The van der Waals surface area contributed by atoms with E-state index in [9.17, 15) is 9.59 Å². The first kappa shape index (κ1) is 18.9. The molecule has 0 aliphatic carbocycles. The van der Waals surface area contributed by atoms with Crippen LogP contribution >= 0.6 is 23.2 Å². The van der Waals surface area contributed by atoms with E-state index < -0.39 is 0 Å². The molecular formula is C15H26Cl2O2. The van der Waals surface area contributed by atoms with Crippen molar-refractivity contribution in [2.45, 2.75) is 71.6 Å². The van der Waals surface area contributed by atoms with Gasteiger partial charge >= 0.3 is 0 Å². The molecule has 0 radical (unpaired) electrons. The maximum Gasteiger partial charge on any atom is 0.221 e. The molecule has 0 aliphatic rings. The van der Waals surface area contributed by atoms with E-state index >= 15 is 0 Å². The summed E-state index contributed by atoms with van der Waals surface area (Å²) in [6.07, 6.45) is 8.74. The monoisotopic (exact) mass is 308 g/mol. The number of unbranched alkanes of at least 4 members (excludes halogenated alkanes) is 5. The zero-order valence-corrected chi connectivity index (χ0v) is 13.6. The van der Waals surface area contributed by atoms with E-state index in [0.29, 0.717) is 24.7 Å². The van der Waals surface area contributed by atoms with Crippen molar-refractivity contribution in [3.63, 3.8) is 0 Å². The number of hydrogen-bond donors (Lipinski definition) is 0. The fraction of sp³-hybridized carbons (Fsp3) is 0.867. The smallest absolute Gasteiger partial charge is 0.221 e. The van der Waals surface area contributed by atoms with Crippen LogP contribution in [0.1, 0.15) is 71.6 Å². The van der Waals surface area contributed by atoms with Crippen molar-refractivity contribution in [3.8, 4) is 0 Å². The van der Waals surface area contributed by atoms with Gasteiger partial charge in [-0.3, -0.25) is 9.59 Å². The number of hydrogen-bond acceptors (Lipinski definition) is 2. The summed E-state index contributed by atoms with van der Waals surface area (Å²) in [5, 5.41) is -0.449. The molecule has 0 fully saturated rings. The summed E-state index contributed by atoms with van der Waals surface area (Å²) in [7, 11) is 0. The second-order valence-corrected chi connectivity index (χ2v) is 6.42. The first-order chi connectivity index (χ1) is 8.93. The summed E-state index contributed by atoms with van der Waals surface area (Å²) >= 11 is 10.7. The Morgan fingerprint density at radius 3 is 1.84 bits per heavy atom. The Kier molecular flexibility index (Phi) is 11.7. The first-order valence-electron chi connectivity index (χ1n) is 7.30. The van der Waals surface area contributed by atoms with Crippen molar-refractivity contribution < 1.29 is 9.59 Å². The molecule has 19 heavy (non-hydrogen) atoms. The molecule has 0 spiro atoms. The van der Waals surface area contributed by atoms with Gasteiger partial charge in [0.15, 0.2) is 0 Å². The van der Waals surface area contributed by atoms with Crippen LogP contribution in [0.3, 0.4) is 0 Å². The normalized spacial score (nSPS) is 12.7. The quantitative estimate of drug-likeness (QED) is 0.362. The molecule has 0 bridgehead atoms. The fourth-order valence-electron chi connectivity index (χ4n) is 2.25. The van der Waals surface area contributed by atoms with Crippen LogP contribution in [0, 0.1) is 11.8 Å². The molecule has 0 aliphatic heterocycles. The highest BCUT2D eigenvalue weighted by atomic mass is 35.5. The van der Waals surface area contributed by atoms with Gasteiger partial charge in [-0.05, 0) is 47.9 Å². The highest BCUT2D eigenvalue weighted by molar-refractivity contribution is 6.63. The van der Waals surface area contributed by atoms with Gasteiger partial charge in [-0.15, -0.1) is 0 Å². The second kappa shape index (κ2) is 11.7. The summed E-state index contributed by atoms with van der Waals surface area (Å²) in [5.74, 6) is 0.927. The highest BCUT2D eigenvalue weighted by Crippen LogP contribution is 2.23. The lowest BCUT2D eigenvalue weighted by Crippen LogP contribution is -2.11. The van der Waals surface area contributed by atoms with Crippen molar-refractivity contribution >= 4 is 33.7 Å². The van der Waals surface area contributed by atoms with Crippen LogP contribution in [0.25, 0.3) is 0 Å². The number of halogens is 2. The van der Waals surface area contributed by atoms with Crippen LogP contribution in [0.2, 0.25) is 0 Å². The van der Waals surface area contributed by atoms with E-state index in [1.807, 2.05) is 0 Å². The van der Waals surface area contributed by atoms with Gasteiger partial charge in [0, 0.05) is 12.8 Å². The van der Waals surface area contributed by atoms with Gasteiger partial charge < -0.3 is 0 Å². The number of carbonyl (C=O) groups is 2. The molecule has 1 atom stereocenters. The molecule has 0 N–H and O–H groups in total. The molecule has 0 saturated carbocycles. The van der Waals surface area contributed by atoms with Crippen LogP contribution in [0.4, 0.5) is 0 Å². The van der Waals surface area contributed by atoms with Crippen LogP contribution in [-0.2, 0) is 9.59 Å². The molecular weight excluding hydrogens is 283 g/mol. The third-order valence-electron chi connectivity index (χ3n) is 3.56. The molecule has 4 heteroatoms. The third kappa shape index (κ3) is 12.7. The Labute approximate surface area is 127 Å². The van der Waals surface area contributed by atoms with Crippen LogP contribution in [0.5, 0.6) is 0 Å². The Hall–Kier alpha value is -0.0800. The van der Waals surface area contributed by atoms with Crippen molar-refractivity contribution in [2.24, 2.45) is 11.8 Å². The first-order valence-corrected chi connectivity index (χ1v) is 8.05. The highest BCUT2D eigenvalue weighted by Gasteiger charge is 2.15. The van der Waals surface area contributed by atoms with Gasteiger partial charge in [0.1, 0.15) is 0 Å². The summed E-state index contributed by atoms with van der Waals surface area (Å²) in [6.45, 7) is 4.29. The Morgan fingerprint density at radius 2 is 1.37 bits per heavy atom. The SMILES string of the molecule is CC(C)C(CCCCCCCCC(=O)Cl)CC(=O)Cl. The molecule has 2 nitrogen and oxygen atoms in total. The van der Waals surface area contributed by atoms with E-state index in [1.165, 1.54) is 12.8 Å². The Bertz CT molecular complexity index is 265. The zero-order chi connectivity index (χ0) is 14.7. The lowest BCUT2D eigenvalue weighted by Gasteiger charge is -2.18. The van der Waals surface area contributed by atoms with Gasteiger partial charge in [-0.1, -0.05) is 46.0 Å². The summed E-state index contributed by atoms with van der Waals surface area (Å²) in [6, 6.07) is 0. The molecule has 0 saturated heterocycles. The minimum Gasteiger partial charge on any atom is -0.281 e. The number of rotatable bonds is 12. The molecule has 0 rings (SSSR count). The van der Waals surface area contributed by atoms with Gasteiger partial charge in [0.2, 0.25) is 10.5 Å². The predicted octanol–water partition coefficient (Wildman–Crippen LogP) is 5.30. The van der Waals surface area contributed by atoms with Crippen LogP contribution in [0.15, 0.2) is 0 Å². The average molecular weight is 309 g/mol. The summed E-state index contributed by atoms with van der Waals surface area (Å²) < 4.78 is 0. The van der Waals surface area contributed by atoms with Gasteiger partial charge in [-0.25, -0.2) is 0 Å². The largest absolute Gasteiger partial charge is 0.281 e. The van der Waals surface area contributed by atoms with Crippen molar-refractivity contribution in [3.05, 3.63) is 0 Å². The van der Waals surface area contributed by atoms with Gasteiger partial charge in [0.25, 0.3) is 0 Å². The van der Waals surface area contributed by atoms with Gasteiger partial charge in [0.05, 0.1) is 0 Å². The maximum absolute atomic E-state index is 10.9. The predicted molar refractivity (Wildman–Crippen MR) is 81.6 cm³/mol. The third-order valence-corrected chi connectivity index (χ3v) is 3.91. The maximum atomic E-state index is 10.9. The van der Waals surface area contributed by atoms with Crippen molar-refractivity contribution in [1.29, 1.82) is 0 Å². The average Bonchev–Trinajstić information content (AvgIpc) is 2.29. The zero-order valence-electron chi connectivity index (χ0n) is 12.1. The standard InChI is InChI=1S/C15H26Cl2O2/c1-12(2)13(11-15(17)19)9-7-5-3-4-6-8-10-14(16)18/h12-13H,3-11H2,1-2H3. The molecule has 0 amide bonds. The molecule has 1 unspecified atom stereocenters. The van der Waals surface area contributed by atoms with E-state index in [2.05, 4.69) is 13.8 Å². The molecule has 0 aromatic rings. The fourth-order valence-corrected chi connectivity index (χ4v) is 2.59. The van der Waals surface area contributed by atoms with Gasteiger partial charge in [-0.2, -0.15) is 0 Å². The molecule has 0 aromatic carbocycles. The van der Waals surface area contributed by atoms with Crippen LogP contribution < -0.4 is 0 Å². The van der Waals surface area contributed by atoms with E-state index in [0.717, 1.165) is 32.1 Å². The number of carbonyl (C=O) groups excluding carboxylic acids is 2. The summed E-state index contributed by atoms with van der Waals surface area (Å²) in [4.78, 5) is 21.5. The minimum absolute atomic E-state index is 0.218. The van der Waals surface area contributed by atoms with E-state index in [-0.39, 0.29) is 10.5 Å². The molecule has 0 heterocycles. The van der Waals surface area contributed by atoms with Crippen molar-refractivity contribution in [2.75, 3.05) is 0 Å². The second-order valence-electron chi connectivity index (χ2n) is 5.58. The van der Waals surface area contributed by atoms with E-state index in [4.69, 9.17) is 23.2 Å². The lowest BCUT2D eigenvalue weighted by atomic mass is 9.88. The van der Waals surface area contributed by atoms with E-state index in [1.54, 1.807) is 0 Å². The summed E-state index contributed by atoms with van der Waals surface area (Å²) in [5.41, 5.74) is 0. The molecule has 0 aromatic heterocycles. The van der Waals surface area contributed by atoms with Crippen LogP contribution in [-0.4, -0.2) is 10.5 Å². The van der Waals surface area contributed by atoms with Crippen molar-refractivity contribution in [1.82, 2.24) is 0 Å². The Morgan fingerprint density at radius 1 is 0.842 bits per heavy atom. The lowest BCUT2D eigenvalue weighted by molar-refractivity contribution is -0.113.